The molecule has 1 unspecified atom stereocenters. The maximum Gasteiger partial charge on any atom is 0.405 e. The highest BCUT2D eigenvalue weighted by Gasteiger charge is 2.38. The van der Waals surface area contributed by atoms with Gasteiger partial charge in [0.2, 0.25) is 5.91 Å². The lowest BCUT2D eigenvalue weighted by Crippen LogP contribution is -2.60. The quantitative estimate of drug-likeness (QED) is 0.755. The van der Waals surface area contributed by atoms with Crippen molar-refractivity contribution in [2.75, 3.05) is 0 Å². The summed E-state index contributed by atoms with van der Waals surface area (Å²) in [5, 5.41) is 14.6. The number of benzene rings is 2. The summed E-state index contributed by atoms with van der Waals surface area (Å²) in [7, 11) is 0. The average molecular weight is 340 g/mol. The first kappa shape index (κ1) is 18.5. The average Bonchev–Trinajstić information content (AvgIpc) is 2.55. The number of rotatable bonds is 6. The smallest absolute Gasteiger partial charge is 0.405 e. The van der Waals surface area contributed by atoms with E-state index >= 15 is 0 Å². The topological polar surface area (TPSA) is 78.4 Å². The van der Waals surface area contributed by atoms with Crippen LogP contribution in [0.15, 0.2) is 60.7 Å². The second-order valence-corrected chi connectivity index (χ2v) is 6.87. The molecule has 0 aliphatic rings. The van der Waals surface area contributed by atoms with Crippen molar-refractivity contribution in [1.29, 1.82) is 0 Å². The van der Waals surface area contributed by atoms with Gasteiger partial charge >= 0.3 is 6.09 Å². The first-order chi connectivity index (χ1) is 11.7. The zero-order valence-electron chi connectivity index (χ0n) is 14.7. The lowest BCUT2D eigenvalue weighted by molar-refractivity contribution is -0.128. The summed E-state index contributed by atoms with van der Waals surface area (Å²) in [5.74, 6) is -0.368. The fourth-order valence-electron chi connectivity index (χ4n) is 2.77. The van der Waals surface area contributed by atoms with Gasteiger partial charge in [-0.2, -0.15) is 0 Å². The van der Waals surface area contributed by atoms with E-state index in [1.165, 1.54) is 0 Å². The molecule has 2 amide bonds. The Morgan fingerprint density at radius 2 is 1.40 bits per heavy atom. The molecular formula is C20H24N2O3. The van der Waals surface area contributed by atoms with Crippen molar-refractivity contribution in [2.45, 2.75) is 38.3 Å². The molecule has 5 nitrogen and oxygen atoms in total. The van der Waals surface area contributed by atoms with Crippen LogP contribution in [-0.2, 0) is 16.8 Å². The van der Waals surface area contributed by atoms with Crippen molar-refractivity contribution in [3.05, 3.63) is 71.8 Å². The molecule has 0 spiro atoms. The van der Waals surface area contributed by atoms with Crippen LogP contribution in [0, 0.1) is 0 Å². The highest BCUT2D eigenvalue weighted by molar-refractivity contribution is 5.90. The maximum atomic E-state index is 13.0. The molecule has 25 heavy (non-hydrogen) atoms. The monoisotopic (exact) mass is 340 g/mol. The molecule has 0 radical (unpaired) electrons. The van der Waals surface area contributed by atoms with Crippen LogP contribution in [0.2, 0.25) is 0 Å². The molecule has 2 rings (SSSR count). The molecule has 0 aliphatic heterocycles. The molecule has 132 valence electrons. The third-order valence-electron chi connectivity index (χ3n) is 4.21. The zero-order chi connectivity index (χ0) is 18.5. The Hall–Kier alpha value is -2.82. The fraction of sp³-hybridized carbons (Fsp3) is 0.300. The van der Waals surface area contributed by atoms with Gasteiger partial charge in [-0.3, -0.25) is 4.79 Å². The zero-order valence-corrected chi connectivity index (χ0v) is 14.7. The summed E-state index contributed by atoms with van der Waals surface area (Å²) < 4.78 is 0. The number of hydrogen-bond donors (Lipinski definition) is 3. The minimum absolute atomic E-state index is 0.261. The molecule has 3 N–H and O–H groups in total. The van der Waals surface area contributed by atoms with Crippen LogP contribution in [-0.4, -0.2) is 22.6 Å². The van der Waals surface area contributed by atoms with Crippen LogP contribution in [0.25, 0.3) is 0 Å². The van der Waals surface area contributed by atoms with E-state index in [4.69, 9.17) is 0 Å². The van der Waals surface area contributed by atoms with Crippen LogP contribution in [0.1, 0.15) is 31.9 Å². The molecular weight excluding hydrogens is 316 g/mol. The lowest BCUT2D eigenvalue weighted by Gasteiger charge is -2.34. The first-order valence-electron chi connectivity index (χ1n) is 8.16. The van der Waals surface area contributed by atoms with Crippen molar-refractivity contribution >= 4 is 12.0 Å². The van der Waals surface area contributed by atoms with Gasteiger partial charge in [-0.15, -0.1) is 0 Å². The van der Waals surface area contributed by atoms with E-state index < -0.39 is 17.2 Å². The van der Waals surface area contributed by atoms with Crippen LogP contribution < -0.4 is 10.6 Å². The second-order valence-electron chi connectivity index (χ2n) is 6.87. The number of hydrogen-bond acceptors (Lipinski definition) is 2. The van der Waals surface area contributed by atoms with Crippen molar-refractivity contribution in [2.24, 2.45) is 0 Å². The SMILES string of the molecule is CC(Cc1ccccc1)(NC(=O)O)C(=O)NC(C)(C)c1ccccc1. The lowest BCUT2D eigenvalue weighted by atomic mass is 9.88. The third kappa shape index (κ3) is 4.83. The highest BCUT2D eigenvalue weighted by atomic mass is 16.4. The molecule has 0 aliphatic carbocycles. The van der Waals surface area contributed by atoms with Crippen LogP contribution in [0.5, 0.6) is 0 Å². The van der Waals surface area contributed by atoms with Gasteiger partial charge in [0.1, 0.15) is 5.54 Å². The first-order valence-corrected chi connectivity index (χ1v) is 8.16. The minimum atomic E-state index is -1.28. The fourth-order valence-corrected chi connectivity index (χ4v) is 2.77. The van der Waals surface area contributed by atoms with E-state index in [1.807, 2.05) is 74.5 Å². The third-order valence-corrected chi connectivity index (χ3v) is 4.21. The van der Waals surface area contributed by atoms with Gasteiger partial charge in [-0.1, -0.05) is 60.7 Å². The number of amides is 2. The molecule has 0 heterocycles. The molecule has 2 aromatic carbocycles. The van der Waals surface area contributed by atoms with E-state index in [-0.39, 0.29) is 12.3 Å². The normalized spacial score (nSPS) is 13.6. The van der Waals surface area contributed by atoms with Crippen LogP contribution in [0.4, 0.5) is 4.79 Å². The van der Waals surface area contributed by atoms with Gasteiger partial charge in [0.15, 0.2) is 0 Å². The molecule has 0 aromatic heterocycles. The molecule has 1 atom stereocenters. The van der Waals surface area contributed by atoms with Crippen molar-refractivity contribution in [1.82, 2.24) is 10.6 Å². The maximum absolute atomic E-state index is 13.0. The summed E-state index contributed by atoms with van der Waals surface area (Å²) in [5.41, 5.74) is -0.0810. The molecule has 0 bridgehead atoms. The van der Waals surface area contributed by atoms with Gasteiger partial charge in [0.25, 0.3) is 0 Å². The number of nitrogens with one attached hydrogen (secondary N) is 2. The van der Waals surface area contributed by atoms with Gasteiger partial charge in [0.05, 0.1) is 5.54 Å². The Labute approximate surface area is 148 Å². The standard InChI is InChI=1S/C20H24N2O3/c1-19(2,16-12-8-5-9-13-16)21-17(23)20(3,22-18(24)25)14-15-10-6-4-7-11-15/h4-13,22H,14H2,1-3H3,(H,21,23)(H,24,25). The Morgan fingerprint density at radius 3 is 1.92 bits per heavy atom. The summed E-state index contributed by atoms with van der Waals surface area (Å²) in [6.07, 6.45) is -0.970. The molecule has 0 fully saturated rings. The predicted octanol–water partition coefficient (Wildman–Crippen LogP) is 3.31. The Morgan fingerprint density at radius 1 is 0.880 bits per heavy atom. The summed E-state index contributed by atoms with van der Waals surface area (Å²) >= 11 is 0. The van der Waals surface area contributed by atoms with Crippen LogP contribution >= 0.6 is 0 Å². The Bertz CT molecular complexity index is 729. The number of carboxylic acid groups (broad SMARTS) is 1. The Kier molecular flexibility index (Phi) is 5.47. The van der Waals surface area contributed by atoms with Gasteiger partial charge < -0.3 is 15.7 Å². The van der Waals surface area contributed by atoms with Crippen molar-refractivity contribution in [3.8, 4) is 0 Å². The minimum Gasteiger partial charge on any atom is -0.465 e. The highest BCUT2D eigenvalue weighted by Crippen LogP contribution is 2.22. The number of carbonyl (C=O) groups is 2. The van der Waals surface area contributed by atoms with E-state index in [2.05, 4.69) is 10.6 Å². The molecule has 5 heteroatoms. The van der Waals surface area contributed by atoms with E-state index in [0.717, 1.165) is 11.1 Å². The van der Waals surface area contributed by atoms with E-state index in [9.17, 15) is 14.7 Å². The summed E-state index contributed by atoms with van der Waals surface area (Å²) in [6.45, 7) is 5.39. The molecule has 2 aromatic rings. The van der Waals surface area contributed by atoms with Gasteiger partial charge in [-0.05, 0) is 31.9 Å². The molecule has 0 saturated carbocycles. The predicted molar refractivity (Wildman–Crippen MR) is 97.3 cm³/mol. The van der Waals surface area contributed by atoms with Crippen LogP contribution in [0.3, 0.4) is 0 Å². The van der Waals surface area contributed by atoms with Crippen molar-refractivity contribution < 1.29 is 14.7 Å². The van der Waals surface area contributed by atoms with Crippen molar-refractivity contribution in [3.63, 3.8) is 0 Å². The number of carbonyl (C=O) groups excluding carboxylic acids is 1. The largest absolute Gasteiger partial charge is 0.465 e. The van der Waals surface area contributed by atoms with E-state index in [1.54, 1.807) is 6.92 Å². The Balaban J connectivity index is 2.24. The van der Waals surface area contributed by atoms with E-state index in [0.29, 0.717) is 0 Å². The second kappa shape index (κ2) is 7.38. The van der Waals surface area contributed by atoms with Gasteiger partial charge in [-0.25, -0.2) is 4.79 Å². The summed E-state index contributed by atoms with van der Waals surface area (Å²) in [4.78, 5) is 24.2. The van der Waals surface area contributed by atoms with Gasteiger partial charge in [0, 0.05) is 6.42 Å². The summed E-state index contributed by atoms with van der Waals surface area (Å²) in [6, 6.07) is 18.9. The molecule has 0 saturated heterocycles.